The molecule has 1 aliphatic rings. The van der Waals surface area contributed by atoms with Crippen molar-refractivity contribution in [3.05, 3.63) is 29.8 Å². The number of carboxylic acids is 1. The zero-order chi connectivity index (χ0) is 13.5. The second-order valence-electron chi connectivity index (χ2n) is 5.48. The van der Waals surface area contributed by atoms with Crippen molar-refractivity contribution in [1.82, 2.24) is 0 Å². The lowest BCUT2D eigenvalue weighted by Gasteiger charge is -2.22. The first-order chi connectivity index (χ1) is 9.24. The van der Waals surface area contributed by atoms with Gasteiger partial charge in [0, 0.05) is 18.7 Å². The molecule has 104 valence electrons. The molecular weight excluding hydrogens is 238 g/mol. The molecule has 0 spiro atoms. The molecule has 1 aliphatic carbocycles. The molecule has 0 atom stereocenters. The van der Waals surface area contributed by atoms with Crippen molar-refractivity contribution in [2.45, 2.75) is 44.9 Å². The lowest BCUT2D eigenvalue weighted by molar-refractivity contribution is -0.136. The molecule has 1 fully saturated rings. The minimum atomic E-state index is -0.737. The Morgan fingerprint density at radius 2 is 1.84 bits per heavy atom. The van der Waals surface area contributed by atoms with Crippen molar-refractivity contribution in [2.24, 2.45) is 5.92 Å². The molecule has 2 N–H and O–H groups in total. The molecule has 0 heterocycles. The van der Waals surface area contributed by atoms with Crippen molar-refractivity contribution in [1.29, 1.82) is 0 Å². The molecule has 0 amide bonds. The molecule has 1 aromatic carbocycles. The molecular formula is C16H23NO2. The number of carboxylic acid groups (broad SMARTS) is 1. The first-order valence-corrected chi connectivity index (χ1v) is 7.28. The summed E-state index contributed by atoms with van der Waals surface area (Å²) >= 11 is 0. The van der Waals surface area contributed by atoms with E-state index in [9.17, 15) is 4.79 Å². The molecule has 0 aromatic heterocycles. The predicted molar refractivity (Wildman–Crippen MR) is 77.5 cm³/mol. The van der Waals surface area contributed by atoms with Gasteiger partial charge in [-0.2, -0.15) is 0 Å². The number of anilines is 1. The van der Waals surface area contributed by atoms with Gasteiger partial charge in [-0.3, -0.25) is 4.79 Å². The smallest absolute Gasteiger partial charge is 0.303 e. The van der Waals surface area contributed by atoms with Gasteiger partial charge in [-0.25, -0.2) is 0 Å². The number of hydrogen-bond donors (Lipinski definition) is 2. The largest absolute Gasteiger partial charge is 0.481 e. The minimum Gasteiger partial charge on any atom is -0.481 e. The summed E-state index contributed by atoms with van der Waals surface area (Å²) in [6, 6.07) is 8.15. The predicted octanol–water partition coefficient (Wildman–Crippen LogP) is 3.70. The van der Waals surface area contributed by atoms with Crippen LogP contribution in [0.3, 0.4) is 0 Å². The lowest BCUT2D eigenvalue weighted by atomic mass is 9.89. The van der Waals surface area contributed by atoms with Gasteiger partial charge >= 0.3 is 5.97 Å². The van der Waals surface area contributed by atoms with E-state index in [2.05, 4.69) is 17.4 Å². The quantitative estimate of drug-likeness (QED) is 0.821. The molecule has 1 saturated carbocycles. The summed E-state index contributed by atoms with van der Waals surface area (Å²) in [6.45, 7) is 1.06. The highest BCUT2D eigenvalue weighted by atomic mass is 16.4. The third-order valence-electron chi connectivity index (χ3n) is 3.90. The highest BCUT2D eigenvalue weighted by Gasteiger charge is 2.12. The molecule has 0 bridgehead atoms. The molecule has 19 heavy (non-hydrogen) atoms. The third-order valence-corrected chi connectivity index (χ3v) is 3.90. The fourth-order valence-corrected chi connectivity index (χ4v) is 2.69. The molecule has 0 unspecified atom stereocenters. The molecule has 3 heteroatoms. The average molecular weight is 261 g/mol. The maximum Gasteiger partial charge on any atom is 0.303 e. The first kappa shape index (κ1) is 13.9. The second kappa shape index (κ2) is 7.17. The van der Waals surface area contributed by atoms with Gasteiger partial charge in [0.05, 0.1) is 0 Å². The van der Waals surface area contributed by atoms with Crippen LogP contribution in [0, 0.1) is 5.92 Å². The molecule has 1 aromatic rings. The van der Waals surface area contributed by atoms with Crippen LogP contribution in [0.4, 0.5) is 5.69 Å². The van der Waals surface area contributed by atoms with Gasteiger partial charge in [0.2, 0.25) is 0 Å². The van der Waals surface area contributed by atoms with Crippen molar-refractivity contribution in [3.63, 3.8) is 0 Å². The van der Waals surface area contributed by atoms with E-state index in [1.165, 1.54) is 32.1 Å². The van der Waals surface area contributed by atoms with Crippen LogP contribution in [0.2, 0.25) is 0 Å². The van der Waals surface area contributed by atoms with Crippen LogP contribution in [-0.4, -0.2) is 17.6 Å². The summed E-state index contributed by atoms with van der Waals surface area (Å²) < 4.78 is 0. The number of aliphatic carboxylic acids is 1. The Bertz CT molecular complexity index is 394. The van der Waals surface area contributed by atoms with Crippen molar-refractivity contribution in [3.8, 4) is 0 Å². The summed E-state index contributed by atoms with van der Waals surface area (Å²) in [4.78, 5) is 10.5. The van der Waals surface area contributed by atoms with E-state index in [0.717, 1.165) is 23.7 Å². The number of nitrogens with one attached hydrogen (secondary N) is 1. The van der Waals surface area contributed by atoms with E-state index in [1.54, 1.807) is 0 Å². The summed E-state index contributed by atoms with van der Waals surface area (Å²) in [5, 5.41) is 12.1. The summed E-state index contributed by atoms with van der Waals surface area (Å²) in [5.41, 5.74) is 2.23. The Balaban J connectivity index is 1.76. The molecule has 0 radical (unpaired) electrons. The van der Waals surface area contributed by atoms with E-state index < -0.39 is 5.97 Å². The maximum atomic E-state index is 10.5. The van der Waals surface area contributed by atoms with Crippen molar-refractivity contribution < 1.29 is 9.90 Å². The standard InChI is InChI=1S/C16H23NO2/c18-16(19)11-8-13-6-9-15(10-7-13)17-12-14-4-2-1-3-5-14/h6-7,9-10,14,17H,1-5,8,11-12H2,(H,18,19). The third kappa shape index (κ3) is 4.93. The Hall–Kier alpha value is -1.51. The van der Waals surface area contributed by atoms with Crippen LogP contribution in [-0.2, 0) is 11.2 Å². The normalized spacial score (nSPS) is 16.2. The highest BCUT2D eigenvalue weighted by Crippen LogP contribution is 2.24. The average Bonchev–Trinajstić information content (AvgIpc) is 2.45. The Morgan fingerprint density at radius 1 is 1.16 bits per heavy atom. The van der Waals surface area contributed by atoms with Crippen molar-refractivity contribution in [2.75, 3.05) is 11.9 Å². The molecule has 2 rings (SSSR count). The van der Waals surface area contributed by atoms with Crippen LogP contribution in [0.15, 0.2) is 24.3 Å². The van der Waals surface area contributed by atoms with Gasteiger partial charge in [-0.1, -0.05) is 31.4 Å². The van der Waals surface area contributed by atoms with Gasteiger partial charge in [-0.15, -0.1) is 0 Å². The number of aryl methyl sites for hydroxylation is 1. The lowest BCUT2D eigenvalue weighted by Crippen LogP contribution is -2.17. The zero-order valence-corrected chi connectivity index (χ0v) is 11.4. The Morgan fingerprint density at radius 3 is 2.47 bits per heavy atom. The molecule has 0 saturated heterocycles. The van der Waals surface area contributed by atoms with Crippen LogP contribution < -0.4 is 5.32 Å². The summed E-state index contributed by atoms with van der Waals surface area (Å²) in [7, 11) is 0. The number of carbonyl (C=O) groups is 1. The Labute approximate surface area is 115 Å². The van der Waals surface area contributed by atoms with E-state index in [0.29, 0.717) is 6.42 Å². The fourth-order valence-electron chi connectivity index (χ4n) is 2.69. The first-order valence-electron chi connectivity index (χ1n) is 7.28. The monoisotopic (exact) mass is 261 g/mol. The zero-order valence-electron chi connectivity index (χ0n) is 11.4. The topological polar surface area (TPSA) is 49.3 Å². The van der Waals surface area contributed by atoms with Gasteiger partial charge < -0.3 is 10.4 Å². The van der Waals surface area contributed by atoms with Gasteiger partial charge in [0.1, 0.15) is 0 Å². The van der Waals surface area contributed by atoms with Gasteiger partial charge in [0.25, 0.3) is 0 Å². The number of benzene rings is 1. The SMILES string of the molecule is O=C(O)CCc1ccc(NCC2CCCCC2)cc1. The van der Waals surface area contributed by atoms with E-state index >= 15 is 0 Å². The number of hydrogen-bond acceptors (Lipinski definition) is 2. The van der Waals surface area contributed by atoms with Crippen LogP contribution in [0.5, 0.6) is 0 Å². The fraction of sp³-hybridized carbons (Fsp3) is 0.562. The highest BCUT2D eigenvalue weighted by molar-refractivity contribution is 5.67. The van der Waals surface area contributed by atoms with Gasteiger partial charge in [-0.05, 0) is 42.9 Å². The van der Waals surface area contributed by atoms with Crippen molar-refractivity contribution >= 4 is 11.7 Å². The number of rotatable bonds is 6. The molecule has 0 aliphatic heterocycles. The van der Waals surface area contributed by atoms with E-state index in [-0.39, 0.29) is 6.42 Å². The van der Waals surface area contributed by atoms with E-state index in [4.69, 9.17) is 5.11 Å². The van der Waals surface area contributed by atoms with Gasteiger partial charge in [0.15, 0.2) is 0 Å². The Kier molecular flexibility index (Phi) is 5.25. The van der Waals surface area contributed by atoms with E-state index in [1.807, 2.05) is 12.1 Å². The minimum absolute atomic E-state index is 0.203. The van der Waals surface area contributed by atoms with Crippen LogP contribution in [0.1, 0.15) is 44.1 Å². The molecule has 3 nitrogen and oxygen atoms in total. The second-order valence-corrected chi connectivity index (χ2v) is 5.48. The van der Waals surface area contributed by atoms with Crippen LogP contribution >= 0.6 is 0 Å². The summed E-state index contributed by atoms with van der Waals surface area (Å²) in [5.74, 6) is 0.0833. The summed E-state index contributed by atoms with van der Waals surface area (Å²) in [6.07, 6.45) is 7.66. The van der Waals surface area contributed by atoms with Crippen LogP contribution in [0.25, 0.3) is 0 Å². The maximum absolute atomic E-state index is 10.5.